The van der Waals surface area contributed by atoms with Crippen molar-refractivity contribution in [3.05, 3.63) is 34.9 Å². The number of nitrogens with one attached hydrogen (secondary N) is 1. The first-order valence-electron chi connectivity index (χ1n) is 7.50. The number of hydrogen-bond donors (Lipinski definition) is 1. The molecule has 2 rings (SSSR count). The summed E-state index contributed by atoms with van der Waals surface area (Å²) in [5, 5.41) is 3.80. The lowest BCUT2D eigenvalue weighted by Gasteiger charge is -2.32. The summed E-state index contributed by atoms with van der Waals surface area (Å²) < 4.78 is 0. The molecule has 1 aromatic rings. The SMILES string of the molecule is CCC1CCCCC1NCc1ccc(C)cc1C. The minimum atomic E-state index is 0.740. The minimum absolute atomic E-state index is 0.740. The van der Waals surface area contributed by atoms with Gasteiger partial charge in [-0.25, -0.2) is 0 Å². The van der Waals surface area contributed by atoms with Crippen LogP contribution in [0.25, 0.3) is 0 Å². The van der Waals surface area contributed by atoms with Crippen LogP contribution in [0.3, 0.4) is 0 Å². The van der Waals surface area contributed by atoms with E-state index >= 15 is 0 Å². The highest BCUT2D eigenvalue weighted by Gasteiger charge is 2.22. The summed E-state index contributed by atoms with van der Waals surface area (Å²) in [7, 11) is 0. The van der Waals surface area contributed by atoms with Gasteiger partial charge in [0.05, 0.1) is 0 Å². The van der Waals surface area contributed by atoms with Gasteiger partial charge in [0.2, 0.25) is 0 Å². The van der Waals surface area contributed by atoms with Gasteiger partial charge in [0.1, 0.15) is 0 Å². The summed E-state index contributed by atoms with van der Waals surface area (Å²) in [6.07, 6.45) is 6.94. The summed E-state index contributed by atoms with van der Waals surface area (Å²) in [4.78, 5) is 0. The predicted molar refractivity (Wildman–Crippen MR) is 78.8 cm³/mol. The summed E-state index contributed by atoms with van der Waals surface area (Å²) >= 11 is 0. The first-order valence-corrected chi connectivity index (χ1v) is 7.50. The van der Waals surface area contributed by atoms with Gasteiger partial charge < -0.3 is 5.32 Å². The van der Waals surface area contributed by atoms with Gasteiger partial charge >= 0.3 is 0 Å². The van der Waals surface area contributed by atoms with Crippen molar-refractivity contribution < 1.29 is 0 Å². The molecular formula is C17H27N. The molecule has 0 radical (unpaired) electrons. The van der Waals surface area contributed by atoms with Gasteiger partial charge in [-0.3, -0.25) is 0 Å². The van der Waals surface area contributed by atoms with Crippen LogP contribution in [0.1, 0.15) is 55.7 Å². The molecule has 100 valence electrons. The van der Waals surface area contributed by atoms with Crippen LogP contribution < -0.4 is 5.32 Å². The Morgan fingerprint density at radius 2 is 1.94 bits per heavy atom. The first-order chi connectivity index (χ1) is 8.70. The highest BCUT2D eigenvalue weighted by atomic mass is 14.9. The maximum Gasteiger partial charge on any atom is 0.0210 e. The highest BCUT2D eigenvalue weighted by Crippen LogP contribution is 2.27. The van der Waals surface area contributed by atoms with Crippen LogP contribution in [0, 0.1) is 19.8 Å². The van der Waals surface area contributed by atoms with E-state index in [0.717, 1.165) is 18.5 Å². The molecular weight excluding hydrogens is 218 g/mol. The van der Waals surface area contributed by atoms with Crippen molar-refractivity contribution in [3.8, 4) is 0 Å². The standard InChI is InChI=1S/C17H27N/c1-4-15-7-5-6-8-17(15)18-12-16-10-9-13(2)11-14(16)3/h9-11,15,17-18H,4-8,12H2,1-3H3. The Bertz CT molecular complexity index is 383. The Morgan fingerprint density at radius 1 is 1.17 bits per heavy atom. The van der Waals surface area contributed by atoms with E-state index < -0.39 is 0 Å². The molecule has 2 unspecified atom stereocenters. The van der Waals surface area contributed by atoms with Crippen LogP contribution in [0.4, 0.5) is 0 Å². The van der Waals surface area contributed by atoms with E-state index in [4.69, 9.17) is 0 Å². The van der Waals surface area contributed by atoms with E-state index in [1.165, 1.54) is 48.8 Å². The van der Waals surface area contributed by atoms with E-state index in [0.29, 0.717) is 0 Å². The average molecular weight is 245 g/mol. The number of aryl methyl sites for hydroxylation is 2. The lowest BCUT2D eigenvalue weighted by atomic mass is 9.83. The summed E-state index contributed by atoms with van der Waals surface area (Å²) in [6, 6.07) is 7.53. The van der Waals surface area contributed by atoms with Crippen LogP contribution in [-0.2, 0) is 6.54 Å². The fraction of sp³-hybridized carbons (Fsp3) is 0.647. The van der Waals surface area contributed by atoms with Gasteiger partial charge in [-0.1, -0.05) is 49.9 Å². The first kappa shape index (κ1) is 13.6. The van der Waals surface area contributed by atoms with Crippen molar-refractivity contribution in [2.24, 2.45) is 5.92 Å². The number of benzene rings is 1. The quantitative estimate of drug-likeness (QED) is 0.831. The van der Waals surface area contributed by atoms with E-state index in [-0.39, 0.29) is 0 Å². The van der Waals surface area contributed by atoms with Gasteiger partial charge in [0, 0.05) is 12.6 Å². The minimum Gasteiger partial charge on any atom is -0.310 e. The highest BCUT2D eigenvalue weighted by molar-refractivity contribution is 5.30. The topological polar surface area (TPSA) is 12.0 Å². The van der Waals surface area contributed by atoms with Crippen molar-refractivity contribution in [2.75, 3.05) is 0 Å². The molecule has 0 spiro atoms. The molecule has 0 bridgehead atoms. The summed E-state index contributed by atoms with van der Waals surface area (Å²) in [5.41, 5.74) is 4.24. The van der Waals surface area contributed by atoms with E-state index in [1.54, 1.807) is 0 Å². The molecule has 1 aromatic carbocycles. The van der Waals surface area contributed by atoms with Gasteiger partial charge in [-0.15, -0.1) is 0 Å². The molecule has 1 heteroatoms. The Kier molecular flexibility index (Phi) is 4.82. The molecule has 0 aliphatic heterocycles. The van der Waals surface area contributed by atoms with E-state index in [9.17, 15) is 0 Å². The predicted octanol–water partition coefficient (Wildman–Crippen LogP) is 4.36. The van der Waals surface area contributed by atoms with E-state index in [1.807, 2.05) is 0 Å². The molecule has 0 heterocycles. The molecule has 0 saturated heterocycles. The van der Waals surface area contributed by atoms with Crippen molar-refractivity contribution in [2.45, 2.75) is 65.5 Å². The third-order valence-corrected chi connectivity index (χ3v) is 4.49. The van der Waals surface area contributed by atoms with Crippen molar-refractivity contribution in [3.63, 3.8) is 0 Å². The zero-order chi connectivity index (χ0) is 13.0. The second-order valence-corrected chi connectivity index (χ2v) is 5.87. The summed E-state index contributed by atoms with van der Waals surface area (Å²) in [5.74, 6) is 0.893. The fourth-order valence-corrected chi connectivity index (χ4v) is 3.25. The molecule has 1 N–H and O–H groups in total. The molecule has 1 aliphatic rings. The van der Waals surface area contributed by atoms with Crippen molar-refractivity contribution >= 4 is 0 Å². The smallest absolute Gasteiger partial charge is 0.0210 e. The zero-order valence-corrected chi connectivity index (χ0v) is 12.1. The molecule has 1 nitrogen and oxygen atoms in total. The van der Waals surface area contributed by atoms with Gasteiger partial charge in [-0.2, -0.15) is 0 Å². The van der Waals surface area contributed by atoms with Crippen LogP contribution in [0.15, 0.2) is 18.2 Å². The second kappa shape index (κ2) is 6.38. The van der Waals surface area contributed by atoms with Crippen molar-refractivity contribution in [1.82, 2.24) is 5.32 Å². The third kappa shape index (κ3) is 3.35. The zero-order valence-electron chi connectivity index (χ0n) is 12.1. The Labute approximate surface area is 112 Å². The van der Waals surface area contributed by atoms with Crippen LogP contribution in [0.5, 0.6) is 0 Å². The Morgan fingerprint density at radius 3 is 2.67 bits per heavy atom. The average Bonchev–Trinajstić information content (AvgIpc) is 2.38. The maximum absolute atomic E-state index is 3.80. The molecule has 0 aromatic heterocycles. The molecule has 1 aliphatic carbocycles. The lowest BCUT2D eigenvalue weighted by Crippen LogP contribution is -2.37. The number of hydrogen-bond acceptors (Lipinski definition) is 1. The Hall–Kier alpha value is -0.820. The second-order valence-electron chi connectivity index (χ2n) is 5.87. The fourth-order valence-electron chi connectivity index (χ4n) is 3.25. The van der Waals surface area contributed by atoms with Crippen molar-refractivity contribution in [1.29, 1.82) is 0 Å². The molecule has 18 heavy (non-hydrogen) atoms. The van der Waals surface area contributed by atoms with Crippen LogP contribution in [-0.4, -0.2) is 6.04 Å². The third-order valence-electron chi connectivity index (χ3n) is 4.49. The molecule has 1 saturated carbocycles. The van der Waals surface area contributed by atoms with Gasteiger partial charge in [0.15, 0.2) is 0 Å². The van der Waals surface area contributed by atoms with Gasteiger partial charge in [-0.05, 0) is 43.7 Å². The van der Waals surface area contributed by atoms with E-state index in [2.05, 4.69) is 44.3 Å². The Balaban J connectivity index is 1.93. The molecule has 0 amide bonds. The lowest BCUT2D eigenvalue weighted by molar-refractivity contribution is 0.254. The van der Waals surface area contributed by atoms with Crippen LogP contribution >= 0.6 is 0 Å². The number of rotatable bonds is 4. The van der Waals surface area contributed by atoms with Gasteiger partial charge in [0.25, 0.3) is 0 Å². The maximum atomic E-state index is 3.80. The molecule has 1 fully saturated rings. The molecule has 2 atom stereocenters. The largest absolute Gasteiger partial charge is 0.310 e. The van der Waals surface area contributed by atoms with Crippen LogP contribution in [0.2, 0.25) is 0 Å². The normalized spacial score (nSPS) is 24.2. The summed E-state index contributed by atoms with van der Waals surface area (Å²) in [6.45, 7) is 7.76. The monoisotopic (exact) mass is 245 g/mol.